The van der Waals surface area contributed by atoms with E-state index in [4.69, 9.17) is 33.7 Å². The first-order valence-electron chi connectivity index (χ1n) is 5.64. The molecule has 0 atom stereocenters. The van der Waals surface area contributed by atoms with Crippen LogP contribution in [0.5, 0.6) is 5.75 Å². The minimum atomic E-state index is 0.463. The molecule has 0 saturated heterocycles. The highest BCUT2D eigenvalue weighted by molar-refractivity contribution is 7.99. The molecule has 5 heteroatoms. The Kier molecular flexibility index (Phi) is 4.99. The van der Waals surface area contributed by atoms with Crippen LogP contribution in [0.15, 0.2) is 46.2 Å². The SMILES string of the molecule is COc1ccc(CN)c(Sc2cc(Cl)ccc2Cl)c1. The third-order valence-electron chi connectivity index (χ3n) is 2.61. The number of ether oxygens (including phenoxy) is 1. The Bertz CT molecular complexity index is 590. The van der Waals surface area contributed by atoms with Crippen molar-refractivity contribution in [3.8, 4) is 5.75 Å². The van der Waals surface area contributed by atoms with Crippen molar-refractivity contribution in [2.45, 2.75) is 16.3 Å². The van der Waals surface area contributed by atoms with Gasteiger partial charge in [0.2, 0.25) is 0 Å². The quantitative estimate of drug-likeness (QED) is 0.895. The molecular weight excluding hydrogens is 301 g/mol. The Labute approximate surface area is 126 Å². The number of rotatable bonds is 4. The molecule has 0 heterocycles. The van der Waals surface area contributed by atoms with Crippen molar-refractivity contribution in [3.05, 3.63) is 52.0 Å². The van der Waals surface area contributed by atoms with E-state index in [9.17, 15) is 0 Å². The van der Waals surface area contributed by atoms with Crippen LogP contribution in [0.25, 0.3) is 0 Å². The molecule has 0 spiro atoms. The second-order valence-corrected chi connectivity index (χ2v) is 5.78. The Morgan fingerprint density at radius 3 is 2.58 bits per heavy atom. The maximum absolute atomic E-state index is 6.17. The maximum Gasteiger partial charge on any atom is 0.120 e. The van der Waals surface area contributed by atoms with Gasteiger partial charge in [0.1, 0.15) is 5.75 Å². The average Bonchev–Trinajstić information content (AvgIpc) is 2.42. The second kappa shape index (κ2) is 6.53. The van der Waals surface area contributed by atoms with Gasteiger partial charge in [-0.05, 0) is 35.9 Å². The second-order valence-electron chi connectivity index (χ2n) is 3.85. The summed E-state index contributed by atoms with van der Waals surface area (Å²) in [6.45, 7) is 0.463. The minimum absolute atomic E-state index is 0.463. The van der Waals surface area contributed by atoms with E-state index < -0.39 is 0 Å². The molecule has 0 amide bonds. The van der Waals surface area contributed by atoms with Crippen molar-refractivity contribution in [3.63, 3.8) is 0 Å². The van der Waals surface area contributed by atoms with E-state index >= 15 is 0 Å². The van der Waals surface area contributed by atoms with Crippen molar-refractivity contribution in [2.75, 3.05) is 7.11 Å². The lowest BCUT2D eigenvalue weighted by Crippen LogP contribution is -1.98. The van der Waals surface area contributed by atoms with Crippen LogP contribution in [0.3, 0.4) is 0 Å². The molecular formula is C14H13Cl2NOS. The molecule has 0 aliphatic heterocycles. The standard InChI is InChI=1S/C14H13Cl2NOS/c1-18-11-4-2-9(8-17)13(7-11)19-14-6-10(15)3-5-12(14)16/h2-7H,8,17H2,1H3. The molecule has 0 unspecified atom stereocenters. The lowest BCUT2D eigenvalue weighted by atomic mass is 10.2. The number of benzene rings is 2. The van der Waals surface area contributed by atoms with E-state index in [-0.39, 0.29) is 0 Å². The van der Waals surface area contributed by atoms with Crippen LogP contribution in [0.4, 0.5) is 0 Å². The van der Waals surface area contributed by atoms with Crippen LogP contribution in [-0.2, 0) is 6.54 Å². The van der Waals surface area contributed by atoms with E-state index in [1.807, 2.05) is 24.3 Å². The number of methoxy groups -OCH3 is 1. The number of nitrogens with two attached hydrogens (primary N) is 1. The van der Waals surface area contributed by atoms with Crippen LogP contribution in [0.1, 0.15) is 5.56 Å². The highest BCUT2D eigenvalue weighted by Gasteiger charge is 2.09. The minimum Gasteiger partial charge on any atom is -0.497 e. The van der Waals surface area contributed by atoms with Crippen LogP contribution in [0.2, 0.25) is 10.0 Å². The number of hydrogen-bond acceptors (Lipinski definition) is 3. The summed E-state index contributed by atoms with van der Waals surface area (Å²) in [5.41, 5.74) is 6.79. The van der Waals surface area contributed by atoms with Gasteiger partial charge in [0, 0.05) is 21.4 Å². The van der Waals surface area contributed by atoms with Gasteiger partial charge in [-0.1, -0.05) is 41.0 Å². The summed E-state index contributed by atoms with van der Waals surface area (Å²) in [6, 6.07) is 11.2. The maximum atomic E-state index is 6.17. The highest BCUT2D eigenvalue weighted by atomic mass is 35.5. The van der Waals surface area contributed by atoms with Crippen molar-refractivity contribution >= 4 is 35.0 Å². The van der Waals surface area contributed by atoms with Gasteiger partial charge in [-0.3, -0.25) is 0 Å². The molecule has 0 bridgehead atoms. The zero-order valence-electron chi connectivity index (χ0n) is 10.3. The fraction of sp³-hybridized carbons (Fsp3) is 0.143. The first kappa shape index (κ1) is 14.5. The fourth-order valence-corrected chi connectivity index (χ4v) is 3.12. The largest absolute Gasteiger partial charge is 0.497 e. The number of halogens is 2. The van der Waals surface area contributed by atoms with Crippen LogP contribution < -0.4 is 10.5 Å². The molecule has 2 rings (SSSR count). The Hall–Kier alpha value is -0.870. The highest BCUT2D eigenvalue weighted by Crippen LogP contribution is 2.38. The zero-order chi connectivity index (χ0) is 13.8. The van der Waals surface area contributed by atoms with Gasteiger partial charge in [-0.15, -0.1) is 0 Å². The summed E-state index contributed by atoms with van der Waals surface area (Å²) in [5.74, 6) is 0.790. The molecule has 0 aromatic heterocycles. The summed E-state index contributed by atoms with van der Waals surface area (Å²) in [6.07, 6.45) is 0. The van der Waals surface area contributed by atoms with Gasteiger partial charge in [0.25, 0.3) is 0 Å². The molecule has 2 N–H and O–H groups in total. The third-order valence-corrected chi connectivity index (χ3v) is 4.44. The predicted octanol–water partition coefficient (Wildman–Crippen LogP) is 4.61. The Balaban J connectivity index is 2.38. The molecule has 2 aromatic rings. The predicted molar refractivity (Wildman–Crippen MR) is 81.5 cm³/mol. The molecule has 0 aliphatic carbocycles. The van der Waals surface area contributed by atoms with E-state index in [0.717, 1.165) is 21.1 Å². The molecule has 0 radical (unpaired) electrons. The molecule has 100 valence electrons. The van der Waals surface area contributed by atoms with Crippen LogP contribution in [0, 0.1) is 0 Å². The van der Waals surface area contributed by atoms with Gasteiger partial charge >= 0.3 is 0 Å². The van der Waals surface area contributed by atoms with Gasteiger partial charge in [0.05, 0.1) is 12.1 Å². The van der Waals surface area contributed by atoms with Gasteiger partial charge in [-0.2, -0.15) is 0 Å². The molecule has 0 saturated carbocycles. The topological polar surface area (TPSA) is 35.2 Å². The first-order valence-corrected chi connectivity index (χ1v) is 7.21. The fourth-order valence-electron chi connectivity index (χ4n) is 1.60. The number of hydrogen-bond donors (Lipinski definition) is 1. The summed E-state index contributed by atoms with van der Waals surface area (Å²) in [7, 11) is 1.64. The lowest BCUT2D eigenvalue weighted by molar-refractivity contribution is 0.413. The Morgan fingerprint density at radius 2 is 1.89 bits per heavy atom. The van der Waals surface area contributed by atoms with E-state index in [2.05, 4.69) is 0 Å². The normalized spacial score (nSPS) is 10.5. The van der Waals surface area contributed by atoms with E-state index in [1.165, 1.54) is 11.8 Å². The first-order chi connectivity index (χ1) is 9.13. The summed E-state index contributed by atoms with van der Waals surface area (Å²) in [4.78, 5) is 1.92. The smallest absolute Gasteiger partial charge is 0.120 e. The van der Waals surface area contributed by atoms with Gasteiger partial charge in [0.15, 0.2) is 0 Å². The molecule has 2 nitrogen and oxygen atoms in total. The zero-order valence-corrected chi connectivity index (χ0v) is 12.6. The van der Waals surface area contributed by atoms with Crippen molar-refractivity contribution in [2.24, 2.45) is 5.73 Å². The van der Waals surface area contributed by atoms with Crippen LogP contribution >= 0.6 is 35.0 Å². The molecule has 0 aliphatic rings. The Morgan fingerprint density at radius 1 is 1.11 bits per heavy atom. The lowest BCUT2D eigenvalue weighted by Gasteiger charge is -2.11. The van der Waals surface area contributed by atoms with Gasteiger partial charge in [-0.25, -0.2) is 0 Å². The van der Waals surface area contributed by atoms with E-state index in [1.54, 1.807) is 19.2 Å². The van der Waals surface area contributed by atoms with Crippen molar-refractivity contribution in [1.29, 1.82) is 0 Å². The van der Waals surface area contributed by atoms with E-state index in [0.29, 0.717) is 16.6 Å². The van der Waals surface area contributed by atoms with Crippen molar-refractivity contribution < 1.29 is 4.74 Å². The van der Waals surface area contributed by atoms with Crippen molar-refractivity contribution in [1.82, 2.24) is 0 Å². The van der Waals surface area contributed by atoms with Gasteiger partial charge < -0.3 is 10.5 Å². The summed E-state index contributed by atoms with van der Waals surface area (Å²) < 4.78 is 5.23. The molecule has 0 fully saturated rings. The average molecular weight is 314 g/mol. The van der Waals surface area contributed by atoms with Crippen LogP contribution in [-0.4, -0.2) is 7.11 Å². The summed E-state index contributed by atoms with van der Waals surface area (Å²) >= 11 is 13.7. The third kappa shape index (κ3) is 3.57. The monoisotopic (exact) mass is 313 g/mol. The summed E-state index contributed by atoms with van der Waals surface area (Å²) in [5, 5.41) is 1.32. The molecule has 19 heavy (non-hydrogen) atoms. The molecule has 2 aromatic carbocycles.